The Kier molecular flexibility index (Phi) is 3.24. The summed E-state index contributed by atoms with van der Waals surface area (Å²) in [6.45, 7) is 0. The fraction of sp³-hybridized carbons (Fsp3) is 0.182. The standard InChI is InChI=1S/C11H10N2O4S/c1-13-9(14)8(18-11(13)17)12-7-4-2-3-6(5-7)10(15)16/h2-5,8,12H,1H3,(H,15,16)/p-1/t8-/m1/s1. The number of carboxylic acid groups (broad SMARTS) is 1. The number of carbonyl (C=O) groups is 3. The molecule has 6 nitrogen and oxygen atoms in total. The monoisotopic (exact) mass is 265 g/mol. The van der Waals surface area contributed by atoms with Crippen LogP contribution in [0.5, 0.6) is 0 Å². The van der Waals surface area contributed by atoms with E-state index in [1.54, 1.807) is 6.07 Å². The Labute approximate surface area is 107 Å². The van der Waals surface area contributed by atoms with E-state index in [4.69, 9.17) is 0 Å². The lowest BCUT2D eigenvalue weighted by molar-refractivity contribution is -0.255. The number of anilines is 1. The number of amides is 2. The normalized spacial score (nSPS) is 19.2. The molecular weight excluding hydrogens is 256 g/mol. The summed E-state index contributed by atoms with van der Waals surface area (Å²) in [6, 6.07) is 5.89. The van der Waals surface area contributed by atoms with E-state index >= 15 is 0 Å². The van der Waals surface area contributed by atoms with Crippen molar-refractivity contribution in [2.45, 2.75) is 5.37 Å². The number of aromatic carboxylic acids is 1. The van der Waals surface area contributed by atoms with Gasteiger partial charge in [0.05, 0.1) is 5.97 Å². The van der Waals surface area contributed by atoms with Crippen LogP contribution in [-0.2, 0) is 4.79 Å². The molecule has 1 aliphatic heterocycles. The van der Waals surface area contributed by atoms with E-state index in [1.807, 2.05) is 0 Å². The highest BCUT2D eigenvalue weighted by molar-refractivity contribution is 8.15. The van der Waals surface area contributed by atoms with E-state index in [-0.39, 0.29) is 16.7 Å². The lowest BCUT2D eigenvalue weighted by Crippen LogP contribution is -2.31. The van der Waals surface area contributed by atoms with Crippen LogP contribution >= 0.6 is 11.8 Å². The second-order valence-electron chi connectivity index (χ2n) is 3.67. The molecule has 94 valence electrons. The van der Waals surface area contributed by atoms with Crippen LogP contribution in [0.3, 0.4) is 0 Å². The lowest BCUT2D eigenvalue weighted by atomic mass is 10.2. The van der Waals surface area contributed by atoms with E-state index in [1.165, 1.54) is 25.2 Å². The molecule has 0 saturated carbocycles. The first-order chi connectivity index (χ1) is 8.49. The van der Waals surface area contributed by atoms with Gasteiger partial charge in [-0.3, -0.25) is 14.5 Å². The Morgan fingerprint density at radius 3 is 2.72 bits per heavy atom. The summed E-state index contributed by atoms with van der Waals surface area (Å²) in [7, 11) is 1.40. The number of thioether (sulfide) groups is 1. The van der Waals surface area contributed by atoms with Crippen LogP contribution in [0.15, 0.2) is 24.3 Å². The predicted octanol–water partition coefficient (Wildman–Crippen LogP) is 0.113. The van der Waals surface area contributed by atoms with E-state index < -0.39 is 11.3 Å². The maximum Gasteiger partial charge on any atom is 0.290 e. The highest BCUT2D eigenvalue weighted by atomic mass is 32.2. The Balaban J connectivity index is 2.15. The largest absolute Gasteiger partial charge is 0.545 e. The number of hydrogen-bond acceptors (Lipinski definition) is 6. The molecule has 1 N–H and O–H groups in total. The number of imide groups is 1. The second kappa shape index (κ2) is 4.69. The minimum atomic E-state index is -1.29. The molecule has 0 bridgehead atoms. The van der Waals surface area contributed by atoms with E-state index in [0.29, 0.717) is 5.69 Å². The van der Waals surface area contributed by atoms with Crippen LogP contribution in [0, 0.1) is 0 Å². The zero-order valence-electron chi connectivity index (χ0n) is 9.38. The molecule has 18 heavy (non-hydrogen) atoms. The van der Waals surface area contributed by atoms with Gasteiger partial charge < -0.3 is 15.2 Å². The molecule has 7 heteroatoms. The lowest BCUT2D eigenvalue weighted by Gasteiger charge is -2.12. The molecule has 1 atom stereocenters. The SMILES string of the molecule is CN1C(=O)S[C@@H](Nc2cccc(C(=O)[O-])c2)C1=O. The van der Waals surface area contributed by atoms with Gasteiger partial charge in [0.1, 0.15) is 0 Å². The van der Waals surface area contributed by atoms with Crippen LogP contribution < -0.4 is 10.4 Å². The topological polar surface area (TPSA) is 89.5 Å². The van der Waals surface area contributed by atoms with Crippen LogP contribution in [0.25, 0.3) is 0 Å². The number of rotatable bonds is 3. The second-order valence-corrected chi connectivity index (χ2v) is 4.73. The summed E-state index contributed by atoms with van der Waals surface area (Å²) in [5.74, 6) is -1.65. The van der Waals surface area contributed by atoms with Crippen molar-refractivity contribution in [1.29, 1.82) is 0 Å². The summed E-state index contributed by atoms with van der Waals surface area (Å²) >= 11 is 0.854. The summed E-state index contributed by atoms with van der Waals surface area (Å²) < 4.78 is 0. The number of carbonyl (C=O) groups excluding carboxylic acids is 3. The van der Waals surface area contributed by atoms with Crippen molar-refractivity contribution < 1.29 is 19.5 Å². The molecule has 0 aromatic heterocycles. The summed E-state index contributed by atoms with van der Waals surface area (Å²) in [6.07, 6.45) is 0. The highest BCUT2D eigenvalue weighted by Crippen LogP contribution is 2.27. The maximum absolute atomic E-state index is 11.6. The molecule has 2 amide bonds. The Morgan fingerprint density at radius 1 is 1.44 bits per heavy atom. The third-order valence-electron chi connectivity index (χ3n) is 2.44. The van der Waals surface area contributed by atoms with Gasteiger partial charge in [-0.1, -0.05) is 12.1 Å². The van der Waals surface area contributed by atoms with Crippen molar-refractivity contribution in [3.05, 3.63) is 29.8 Å². The van der Waals surface area contributed by atoms with Crippen molar-refractivity contribution in [2.75, 3.05) is 12.4 Å². The number of hydrogen-bond donors (Lipinski definition) is 1. The maximum atomic E-state index is 11.6. The van der Waals surface area contributed by atoms with Gasteiger partial charge in [0.25, 0.3) is 11.1 Å². The first-order valence-electron chi connectivity index (χ1n) is 5.05. The van der Waals surface area contributed by atoms with Crippen LogP contribution in [-0.4, -0.2) is 34.4 Å². The molecule has 2 rings (SSSR count). The third-order valence-corrected chi connectivity index (χ3v) is 3.47. The highest BCUT2D eigenvalue weighted by Gasteiger charge is 2.37. The van der Waals surface area contributed by atoms with Gasteiger partial charge in [0.15, 0.2) is 5.37 Å². The van der Waals surface area contributed by atoms with Crippen molar-refractivity contribution in [1.82, 2.24) is 4.90 Å². The van der Waals surface area contributed by atoms with Crippen LogP contribution in [0.4, 0.5) is 10.5 Å². The molecule has 0 unspecified atom stereocenters. The number of nitrogens with one attached hydrogen (secondary N) is 1. The average Bonchev–Trinajstić information content (AvgIpc) is 2.57. The van der Waals surface area contributed by atoms with Gasteiger partial charge in [-0.05, 0) is 29.5 Å². The molecule has 1 heterocycles. The van der Waals surface area contributed by atoms with Gasteiger partial charge in [-0.25, -0.2) is 0 Å². The predicted molar refractivity (Wildman–Crippen MR) is 63.9 cm³/mol. The Bertz CT molecular complexity index is 532. The summed E-state index contributed by atoms with van der Waals surface area (Å²) in [5, 5.41) is 12.4. The van der Waals surface area contributed by atoms with Crippen molar-refractivity contribution in [3.63, 3.8) is 0 Å². The molecule has 1 aliphatic rings. The zero-order valence-corrected chi connectivity index (χ0v) is 10.2. The van der Waals surface area contributed by atoms with Crippen molar-refractivity contribution >= 4 is 34.6 Å². The zero-order chi connectivity index (χ0) is 13.3. The average molecular weight is 265 g/mol. The fourth-order valence-corrected chi connectivity index (χ4v) is 2.38. The van der Waals surface area contributed by atoms with Gasteiger partial charge in [-0.15, -0.1) is 0 Å². The molecule has 0 radical (unpaired) electrons. The molecular formula is C11H9N2O4S-. The van der Waals surface area contributed by atoms with Crippen molar-refractivity contribution in [3.8, 4) is 0 Å². The number of nitrogens with zero attached hydrogens (tertiary/aromatic N) is 1. The van der Waals surface area contributed by atoms with Gasteiger partial charge in [0.2, 0.25) is 0 Å². The van der Waals surface area contributed by atoms with Gasteiger partial charge in [-0.2, -0.15) is 0 Å². The van der Waals surface area contributed by atoms with Gasteiger partial charge >= 0.3 is 0 Å². The van der Waals surface area contributed by atoms with Crippen molar-refractivity contribution in [2.24, 2.45) is 0 Å². The molecule has 1 aromatic rings. The first-order valence-corrected chi connectivity index (χ1v) is 5.93. The van der Waals surface area contributed by atoms with E-state index in [2.05, 4.69) is 5.32 Å². The summed E-state index contributed by atoms with van der Waals surface area (Å²) in [5.41, 5.74) is 0.459. The smallest absolute Gasteiger partial charge is 0.290 e. The Morgan fingerprint density at radius 2 is 2.17 bits per heavy atom. The van der Waals surface area contributed by atoms with Gasteiger partial charge in [0, 0.05) is 12.7 Å². The number of likely N-dealkylation sites (N-methyl/N-ethyl adjacent to an activating group) is 1. The van der Waals surface area contributed by atoms with Crippen LogP contribution in [0.1, 0.15) is 10.4 Å². The van der Waals surface area contributed by atoms with E-state index in [9.17, 15) is 19.5 Å². The molecule has 1 fully saturated rings. The number of carboxylic acids is 1. The molecule has 0 aliphatic carbocycles. The fourth-order valence-electron chi connectivity index (χ4n) is 1.47. The summed E-state index contributed by atoms with van der Waals surface area (Å²) in [4.78, 5) is 34.6. The molecule has 1 saturated heterocycles. The Hall–Kier alpha value is -2.02. The third kappa shape index (κ3) is 2.30. The minimum Gasteiger partial charge on any atom is -0.545 e. The van der Waals surface area contributed by atoms with E-state index in [0.717, 1.165) is 16.7 Å². The minimum absolute atomic E-state index is 0.00938. The quantitative estimate of drug-likeness (QED) is 0.834. The molecule has 0 spiro atoms. The first kappa shape index (κ1) is 12.4. The van der Waals surface area contributed by atoms with Crippen LogP contribution in [0.2, 0.25) is 0 Å². The number of benzene rings is 1. The molecule has 1 aromatic carbocycles.